The number of Topliss-reactive ketones (excluding diaryl/α,β-unsaturated/α-hetero) is 2. The predicted molar refractivity (Wildman–Crippen MR) is 70.7 cm³/mol. The normalized spacial score (nSPS) is 14.2. The molecule has 1 aromatic carbocycles. The molecule has 0 heterocycles. The highest BCUT2D eigenvalue weighted by atomic mass is 16.5. The van der Waals surface area contributed by atoms with E-state index in [4.69, 9.17) is 4.74 Å². The molecule has 0 amide bonds. The molecule has 0 bridgehead atoms. The second kappa shape index (κ2) is 6.32. The number of hydrogen-bond acceptors (Lipinski definition) is 5. The molecule has 20 heavy (non-hydrogen) atoms. The first-order valence-corrected chi connectivity index (χ1v) is 6.51. The summed E-state index contributed by atoms with van der Waals surface area (Å²) in [5.74, 6) is -1.64. The maximum atomic E-state index is 11.9. The van der Waals surface area contributed by atoms with Gasteiger partial charge in [0.1, 0.15) is 5.75 Å². The van der Waals surface area contributed by atoms with E-state index in [1.54, 1.807) is 24.3 Å². The van der Waals surface area contributed by atoms with E-state index in [0.29, 0.717) is 11.3 Å². The Labute approximate surface area is 116 Å². The van der Waals surface area contributed by atoms with Crippen LogP contribution in [-0.2, 0) is 14.3 Å². The van der Waals surface area contributed by atoms with Gasteiger partial charge in [0, 0.05) is 5.56 Å². The SMILES string of the molecule is COC(=O)C(=O)CC(=O)c1cccc(OC2CCC2)c1. The van der Waals surface area contributed by atoms with E-state index in [9.17, 15) is 14.4 Å². The molecule has 5 nitrogen and oxygen atoms in total. The van der Waals surface area contributed by atoms with Gasteiger partial charge in [0.2, 0.25) is 5.78 Å². The van der Waals surface area contributed by atoms with Gasteiger partial charge in [0.05, 0.1) is 19.6 Å². The molecular formula is C15H16O5. The molecule has 0 saturated heterocycles. The zero-order chi connectivity index (χ0) is 14.5. The van der Waals surface area contributed by atoms with Crippen LogP contribution in [0.5, 0.6) is 5.75 Å². The Balaban J connectivity index is 2.00. The molecule has 0 N–H and O–H groups in total. The molecule has 1 aliphatic rings. The lowest BCUT2D eigenvalue weighted by Crippen LogP contribution is -2.24. The first kappa shape index (κ1) is 14.2. The summed E-state index contributed by atoms with van der Waals surface area (Å²) >= 11 is 0. The summed E-state index contributed by atoms with van der Waals surface area (Å²) < 4.78 is 9.97. The molecule has 1 aromatic rings. The van der Waals surface area contributed by atoms with Crippen molar-refractivity contribution in [3.05, 3.63) is 29.8 Å². The Morgan fingerprint density at radius 3 is 2.60 bits per heavy atom. The van der Waals surface area contributed by atoms with Crippen LogP contribution in [0.15, 0.2) is 24.3 Å². The van der Waals surface area contributed by atoms with Crippen molar-refractivity contribution in [2.45, 2.75) is 31.8 Å². The van der Waals surface area contributed by atoms with Crippen molar-refractivity contribution in [2.24, 2.45) is 0 Å². The molecule has 0 atom stereocenters. The average Bonchev–Trinajstić information content (AvgIpc) is 2.42. The highest BCUT2D eigenvalue weighted by Crippen LogP contribution is 2.25. The lowest BCUT2D eigenvalue weighted by Gasteiger charge is -2.26. The molecule has 1 fully saturated rings. The number of methoxy groups -OCH3 is 1. The summed E-state index contributed by atoms with van der Waals surface area (Å²) in [7, 11) is 1.11. The van der Waals surface area contributed by atoms with Crippen molar-refractivity contribution in [2.75, 3.05) is 7.11 Å². The Hall–Kier alpha value is -2.17. The van der Waals surface area contributed by atoms with Crippen LogP contribution in [0.3, 0.4) is 0 Å². The predicted octanol–water partition coefficient (Wildman–Crippen LogP) is 1.93. The summed E-state index contributed by atoms with van der Waals surface area (Å²) in [6.07, 6.45) is 2.95. The molecule has 1 saturated carbocycles. The molecule has 0 radical (unpaired) electrons. The third kappa shape index (κ3) is 3.44. The van der Waals surface area contributed by atoms with Crippen molar-refractivity contribution in [1.29, 1.82) is 0 Å². The molecule has 0 unspecified atom stereocenters. The first-order valence-electron chi connectivity index (χ1n) is 6.51. The minimum atomic E-state index is -1.000. The molecule has 0 aliphatic heterocycles. The highest BCUT2D eigenvalue weighted by molar-refractivity contribution is 6.38. The third-order valence-corrected chi connectivity index (χ3v) is 3.25. The maximum Gasteiger partial charge on any atom is 0.374 e. The first-order chi connectivity index (χ1) is 9.60. The molecular weight excluding hydrogens is 260 g/mol. The Kier molecular flexibility index (Phi) is 4.50. The van der Waals surface area contributed by atoms with E-state index in [1.165, 1.54) is 0 Å². The van der Waals surface area contributed by atoms with Gasteiger partial charge in [-0.15, -0.1) is 0 Å². The van der Waals surface area contributed by atoms with Gasteiger partial charge in [-0.2, -0.15) is 0 Å². The summed E-state index contributed by atoms with van der Waals surface area (Å²) in [4.78, 5) is 34.3. The van der Waals surface area contributed by atoms with Gasteiger partial charge in [0.15, 0.2) is 5.78 Å². The minimum absolute atomic E-state index is 0.219. The van der Waals surface area contributed by atoms with Gasteiger partial charge < -0.3 is 9.47 Å². The third-order valence-electron chi connectivity index (χ3n) is 3.25. The fourth-order valence-electron chi connectivity index (χ4n) is 1.86. The van der Waals surface area contributed by atoms with Gasteiger partial charge in [-0.1, -0.05) is 12.1 Å². The molecule has 1 aliphatic carbocycles. The van der Waals surface area contributed by atoms with E-state index in [2.05, 4.69) is 4.74 Å². The van der Waals surface area contributed by atoms with E-state index < -0.39 is 24.0 Å². The van der Waals surface area contributed by atoms with Crippen LogP contribution in [-0.4, -0.2) is 30.7 Å². The zero-order valence-corrected chi connectivity index (χ0v) is 11.3. The lowest BCUT2D eigenvalue weighted by atomic mass is 9.96. The summed E-state index contributed by atoms with van der Waals surface area (Å²) in [5.41, 5.74) is 0.360. The van der Waals surface area contributed by atoms with E-state index in [0.717, 1.165) is 26.4 Å². The van der Waals surface area contributed by atoms with Crippen LogP contribution < -0.4 is 4.74 Å². The Morgan fingerprint density at radius 1 is 1.25 bits per heavy atom. The van der Waals surface area contributed by atoms with Gasteiger partial charge in [0.25, 0.3) is 0 Å². The van der Waals surface area contributed by atoms with Crippen LogP contribution in [0, 0.1) is 0 Å². The standard InChI is InChI=1S/C15H16O5/c1-19-15(18)14(17)9-13(16)10-4-2-7-12(8-10)20-11-5-3-6-11/h2,4,7-8,11H,3,5-6,9H2,1H3. The largest absolute Gasteiger partial charge is 0.490 e. The number of carbonyl (C=O) groups is 3. The molecule has 106 valence electrons. The zero-order valence-electron chi connectivity index (χ0n) is 11.3. The van der Waals surface area contributed by atoms with Crippen LogP contribution in [0.25, 0.3) is 0 Å². The van der Waals surface area contributed by atoms with Crippen molar-refractivity contribution in [3.8, 4) is 5.75 Å². The van der Waals surface area contributed by atoms with Gasteiger partial charge >= 0.3 is 5.97 Å². The van der Waals surface area contributed by atoms with Crippen molar-refractivity contribution >= 4 is 17.5 Å². The number of rotatable bonds is 6. The van der Waals surface area contributed by atoms with E-state index in [1.807, 2.05) is 0 Å². The maximum absolute atomic E-state index is 11.9. The van der Waals surface area contributed by atoms with Crippen molar-refractivity contribution < 1.29 is 23.9 Å². The smallest absolute Gasteiger partial charge is 0.374 e. The van der Waals surface area contributed by atoms with Crippen LogP contribution in [0.2, 0.25) is 0 Å². The summed E-state index contributed by atoms with van der Waals surface area (Å²) in [6, 6.07) is 6.67. The summed E-state index contributed by atoms with van der Waals surface area (Å²) in [5, 5.41) is 0. The van der Waals surface area contributed by atoms with Crippen LogP contribution in [0.4, 0.5) is 0 Å². The quantitative estimate of drug-likeness (QED) is 0.344. The molecule has 0 spiro atoms. The Bertz CT molecular complexity index is 531. The summed E-state index contributed by atoms with van der Waals surface area (Å²) in [6.45, 7) is 0. The number of hydrogen-bond donors (Lipinski definition) is 0. The number of ketones is 2. The second-order valence-corrected chi connectivity index (χ2v) is 4.71. The average molecular weight is 276 g/mol. The monoisotopic (exact) mass is 276 g/mol. The molecule has 0 aromatic heterocycles. The van der Waals surface area contributed by atoms with Gasteiger partial charge in [-0.25, -0.2) is 4.79 Å². The van der Waals surface area contributed by atoms with Crippen molar-refractivity contribution in [3.63, 3.8) is 0 Å². The highest BCUT2D eigenvalue weighted by Gasteiger charge is 2.21. The topological polar surface area (TPSA) is 69.7 Å². The number of carbonyl (C=O) groups excluding carboxylic acids is 3. The molecule has 5 heteroatoms. The molecule has 2 rings (SSSR count). The Morgan fingerprint density at radius 2 is 2.00 bits per heavy atom. The van der Waals surface area contributed by atoms with Crippen molar-refractivity contribution in [1.82, 2.24) is 0 Å². The second-order valence-electron chi connectivity index (χ2n) is 4.71. The van der Waals surface area contributed by atoms with E-state index in [-0.39, 0.29) is 6.10 Å². The van der Waals surface area contributed by atoms with Crippen LogP contribution in [0.1, 0.15) is 36.0 Å². The number of ether oxygens (including phenoxy) is 2. The lowest BCUT2D eigenvalue weighted by molar-refractivity contribution is -0.151. The fraction of sp³-hybridized carbons (Fsp3) is 0.400. The minimum Gasteiger partial charge on any atom is -0.490 e. The van der Waals surface area contributed by atoms with Gasteiger partial charge in [-0.05, 0) is 31.4 Å². The van der Waals surface area contributed by atoms with Gasteiger partial charge in [-0.3, -0.25) is 9.59 Å². The van der Waals surface area contributed by atoms with E-state index >= 15 is 0 Å². The number of benzene rings is 1. The van der Waals surface area contributed by atoms with Crippen LogP contribution >= 0.6 is 0 Å². The fourth-order valence-corrected chi connectivity index (χ4v) is 1.86. The number of esters is 1.